The molecule has 1 aliphatic heterocycles. The van der Waals surface area contributed by atoms with Gasteiger partial charge in [-0.25, -0.2) is 0 Å². The van der Waals surface area contributed by atoms with Crippen molar-refractivity contribution in [1.82, 2.24) is 4.90 Å². The summed E-state index contributed by atoms with van der Waals surface area (Å²) in [5.41, 5.74) is 7.60. The standard InChI is InChI=1S/C19H26N2/c1-2-16-10-5-6-13-21(16)19(14-20)18-12-7-9-15-8-3-4-11-17(15)18/h3-4,7-9,11-12,16,19H,2,5-6,10,13-14,20H2,1H3. The van der Waals surface area contributed by atoms with Gasteiger partial charge >= 0.3 is 0 Å². The lowest BCUT2D eigenvalue weighted by Crippen LogP contribution is -2.44. The van der Waals surface area contributed by atoms with Gasteiger partial charge < -0.3 is 5.73 Å². The van der Waals surface area contributed by atoms with Gasteiger partial charge in [-0.2, -0.15) is 0 Å². The second-order valence-corrected chi connectivity index (χ2v) is 6.12. The first-order valence-electron chi connectivity index (χ1n) is 8.28. The SMILES string of the molecule is CCC1CCCCN1C(CN)c1cccc2ccccc12. The molecule has 21 heavy (non-hydrogen) atoms. The van der Waals surface area contributed by atoms with Crippen molar-refractivity contribution in [2.75, 3.05) is 13.1 Å². The van der Waals surface area contributed by atoms with Gasteiger partial charge in [0.05, 0.1) is 0 Å². The smallest absolute Gasteiger partial charge is 0.0479 e. The average molecular weight is 282 g/mol. The quantitative estimate of drug-likeness (QED) is 0.914. The summed E-state index contributed by atoms with van der Waals surface area (Å²) in [5, 5.41) is 2.68. The van der Waals surface area contributed by atoms with Crippen molar-refractivity contribution >= 4 is 10.8 Å². The Kier molecular flexibility index (Phi) is 4.57. The molecule has 112 valence electrons. The van der Waals surface area contributed by atoms with Crippen LogP contribution in [0.15, 0.2) is 42.5 Å². The van der Waals surface area contributed by atoms with Crippen LogP contribution in [0.4, 0.5) is 0 Å². The second-order valence-electron chi connectivity index (χ2n) is 6.12. The van der Waals surface area contributed by atoms with Gasteiger partial charge in [0.25, 0.3) is 0 Å². The minimum absolute atomic E-state index is 0.348. The normalized spacial score (nSPS) is 21.5. The van der Waals surface area contributed by atoms with E-state index >= 15 is 0 Å². The maximum atomic E-state index is 6.20. The van der Waals surface area contributed by atoms with Gasteiger partial charge in [0, 0.05) is 18.6 Å². The molecule has 2 aromatic rings. The van der Waals surface area contributed by atoms with Crippen LogP contribution in [0.3, 0.4) is 0 Å². The first-order valence-corrected chi connectivity index (χ1v) is 8.28. The maximum absolute atomic E-state index is 6.20. The molecule has 0 radical (unpaired) electrons. The first-order chi connectivity index (χ1) is 10.3. The van der Waals surface area contributed by atoms with Crippen LogP contribution >= 0.6 is 0 Å². The molecular weight excluding hydrogens is 256 g/mol. The number of benzene rings is 2. The molecule has 1 heterocycles. The Hall–Kier alpha value is -1.38. The van der Waals surface area contributed by atoms with E-state index in [1.54, 1.807) is 0 Å². The molecule has 1 saturated heterocycles. The summed E-state index contributed by atoms with van der Waals surface area (Å²) in [6.07, 6.45) is 5.21. The van der Waals surface area contributed by atoms with E-state index in [9.17, 15) is 0 Å². The topological polar surface area (TPSA) is 29.3 Å². The number of likely N-dealkylation sites (tertiary alicyclic amines) is 1. The van der Waals surface area contributed by atoms with Crippen LogP contribution in [0.25, 0.3) is 10.8 Å². The van der Waals surface area contributed by atoms with Gasteiger partial charge in [0.15, 0.2) is 0 Å². The minimum Gasteiger partial charge on any atom is -0.329 e. The predicted molar refractivity (Wildman–Crippen MR) is 90.4 cm³/mol. The van der Waals surface area contributed by atoms with E-state index < -0.39 is 0 Å². The molecule has 0 amide bonds. The summed E-state index contributed by atoms with van der Waals surface area (Å²) >= 11 is 0. The van der Waals surface area contributed by atoms with Crippen molar-refractivity contribution in [3.8, 4) is 0 Å². The zero-order valence-corrected chi connectivity index (χ0v) is 13.0. The lowest BCUT2D eigenvalue weighted by molar-refractivity contribution is 0.0956. The number of fused-ring (bicyclic) bond motifs is 1. The molecular formula is C19H26N2. The van der Waals surface area contributed by atoms with Gasteiger partial charge in [-0.1, -0.05) is 55.8 Å². The number of hydrogen-bond donors (Lipinski definition) is 1. The molecule has 0 saturated carbocycles. The van der Waals surface area contributed by atoms with Crippen molar-refractivity contribution < 1.29 is 0 Å². The van der Waals surface area contributed by atoms with Gasteiger partial charge in [0.1, 0.15) is 0 Å². The van der Waals surface area contributed by atoms with Crippen LogP contribution < -0.4 is 5.73 Å². The zero-order chi connectivity index (χ0) is 14.7. The average Bonchev–Trinajstić information content (AvgIpc) is 2.56. The minimum atomic E-state index is 0.348. The molecule has 0 aliphatic carbocycles. The fourth-order valence-corrected chi connectivity index (χ4v) is 3.85. The third-order valence-electron chi connectivity index (χ3n) is 4.95. The van der Waals surface area contributed by atoms with E-state index in [1.165, 1.54) is 48.6 Å². The molecule has 2 aromatic carbocycles. The van der Waals surface area contributed by atoms with E-state index in [-0.39, 0.29) is 0 Å². The number of nitrogens with two attached hydrogens (primary N) is 1. The molecule has 0 bridgehead atoms. The lowest BCUT2D eigenvalue weighted by Gasteiger charge is -2.41. The Morgan fingerprint density at radius 1 is 1.14 bits per heavy atom. The second kappa shape index (κ2) is 6.59. The molecule has 2 unspecified atom stereocenters. The lowest BCUT2D eigenvalue weighted by atomic mass is 9.92. The first kappa shape index (κ1) is 14.6. The highest BCUT2D eigenvalue weighted by atomic mass is 15.2. The highest BCUT2D eigenvalue weighted by Crippen LogP contribution is 2.33. The van der Waals surface area contributed by atoms with Crippen molar-refractivity contribution in [3.63, 3.8) is 0 Å². The van der Waals surface area contributed by atoms with Crippen molar-refractivity contribution in [2.24, 2.45) is 5.73 Å². The van der Waals surface area contributed by atoms with Crippen LogP contribution in [0.5, 0.6) is 0 Å². The van der Waals surface area contributed by atoms with Crippen LogP contribution in [0.2, 0.25) is 0 Å². The monoisotopic (exact) mass is 282 g/mol. The molecule has 0 spiro atoms. The highest BCUT2D eigenvalue weighted by Gasteiger charge is 2.28. The number of rotatable bonds is 4. The highest BCUT2D eigenvalue weighted by molar-refractivity contribution is 5.86. The molecule has 2 atom stereocenters. The summed E-state index contributed by atoms with van der Waals surface area (Å²) in [4.78, 5) is 2.66. The molecule has 3 rings (SSSR count). The number of piperidine rings is 1. The summed E-state index contributed by atoms with van der Waals surface area (Å²) in [6, 6.07) is 16.3. The fourth-order valence-electron chi connectivity index (χ4n) is 3.85. The Morgan fingerprint density at radius 3 is 2.76 bits per heavy atom. The molecule has 1 fully saturated rings. The maximum Gasteiger partial charge on any atom is 0.0479 e. The summed E-state index contributed by atoms with van der Waals surface area (Å²) in [6.45, 7) is 4.19. The van der Waals surface area contributed by atoms with Gasteiger partial charge in [-0.3, -0.25) is 4.90 Å². The Bertz CT molecular complexity index is 588. The summed E-state index contributed by atoms with van der Waals surface area (Å²) in [5.74, 6) is 0. The van der Waals surface area contributed by atoms with Crippen molar-refractivity contribution in [3.05, 3.63) is 48.0 Å². The van der Waals surface area contributed by atoms with Gasteiger partial charge in [0.2, 0.25) is 0 Å². The third kappa shape index (κ3) is 2.83. The number of hydrogen-bond acceptors (Lipinski definition) is 2. The van der Waals surface area contributed by atoms with Crippen LogP contribution in [-0.2, 0) is 0 Å². The molecule has 2 nitrogen and oxygen atoms in total. The van der Waals surface area contributed by atoms with Crippen LogP contribution in [0.1, 0.15) is 44.2 Å². The fraction of sp³-hybridized carbons (Fsp3) is 0.474. The zero-order valence-electron chi connectivity index (χ0n) is 13.0. The van der Waals surface area contributed by atoms with Gasteiger partial charge in [-0.15, -0.1) is 0 Å². The summed E-state index contributed by atoms with van der Waals surface area (Å²) < 4.78 is 0. The van der Waals surface area contributed by atoms with E-state index in [0.717, 1.165) is 0 Å². The Morgan fingerprint density at radius 2 is 1.95 bits per heavy atom. The molecule has 2 N–H and O–H groups in total. The predicted octanol–water partition coefficient (Wildman–Crippen LogP) is 4.10. The van der Waals surface area contributed by atoms with E-state index in [4.69, 9.17) is 5.73 Å². The summed E-state index contributed by atoms with van der Waals surface area (Å²) in [7, 11) is 0. The molecule has 2 heteroatoms. The van der Waals surface area contributed by atoms with Crippen molar-refractivity contribution in [2.45, 2.75) is 44.7 Å². The molecule has 0 aromatic heterocycles. The van der Waals surface area contributed by atoms with E-state index in [1.807, 2.05) is 0 Å². The third-order valence-corrected chi connectivity index (χ3v) is 4.95. The Labute approximate surface area is 127 Å². The van der Waals surface area contributed by atoms with E-state index in [0.29, 0.717) is 18.6 Å². The largest absolute Gasteiger partial charge is 0.329 e. The van der Waals surface area contributed by atoms with E-state index in [2.05, 4.69) is 54.3 Å². The Balaban J connectivity index is 2.01. The van der Waals surface area contributed by atoms with Crippen molar-refractivity contribution in [1.29, 1.82) is 0 Å². The number of nitrogens with zero attached hydrogens (tertiary/aromatic N) is 1. The van der Waals surface area contributed by atoms with Gasteiger partial charge in [-0.05, 0) is 42.1 Å². The van der Waals surface area contributed by atoms with Crippen LogP contribution in [0, 0.1) is 0 Å². The molecule has 1 aliphatic rings. The van der Waals surface area contributed by atoms with Crippen LogP contribution in [-0.4, -0.2) is 24.0 Å².